The average Bonchev–Trinajstić information content (AvgIpc) is 3.28. The first-order chi connectivity index (χ1) is 9.25. The lowest BCUT2D eigenvalue weighted by atomic mass is 10.1. The highest BCUT2D eigenvalue weighted by Gasteiger charge is 2.40. The predicted octanol–water partition coefficient (Wildman–Crippen LogP) is 3.21. The summed E-state index contributed by atoms with van der Waals surface area (Å²) in [5, 5.41) is 3.82. The first-order valence-corrected chi connectivity index (χ1v) is 7.76. The summed E-state index contributed by atoms with van der Waals surface area (Å²) in [7, 11) is 2.20. The SMILES string of the molecule is Cc1ccccc1N(C)CCNC(C1CC1)C1CC1. The Labute approximate surface area is 117 Å². The van der Waals surface area contributed by atoms with Crippen LogP contribution in [0.3, 0.4) is 0 Å². The molecule has 0 amide bonds. The minimum absolute atomic E-state index is 0.824. The van der Waals surface area contributed by atoms with Crippen LogP contribution in [0.1, 0.15) is 31.2 Å². The van der Waals surface area contributed by atoms with Crippen molar-refractivity contribution in [3.63, 3.8) is 0 Å². The topological polar surface area (TPSA) is 15.3 Å². The van der Waals surface area contributed by atoms with Gasteiger partial charge in [0.25, 0.3) is 0 Å². The van der Waals surface area contributed by atoms with Gasteiger partial charge in [-0.25, -0.2) is 0 Å². The molecule has 2 aliphatic rings. The first kappa shape index (κ1) is 13.0. The van der Waals surface area contributed by atoms with Crippen LogP contribution in [0.25, 0.3) is 0 Å². The van der Waals surface area contributed by atoms with Gasteiger partial charge in [0.05, 0.1) is 0 Å². The summed E-state index contributed by atoms with van der Waals surface area (Å²) < 4.78 is 0. The molecule has 0 atom stereocenters. The number of rotatable bonds is 7. The van der Waals surface area contributed by atoms with E-state index in [2.05, 4.69) is 48.5 Å². The second-order valence-electron chi connectivity index (χ2n) is 6.36. The number of nitrogens with one attached hydrogen (secondary N) is 1. The summed E-state index contributed by atoms with van der Waals surface area (Å²) in [4.78, 5) is 2.37. The minimum atomic E-state index is 0.824. The van der Waals surface area contributed by atoms with Crippen molar-refractivity contribution in [1.82, 2.24) is 5.32 Å². The van der Waals surface area contributed by atoms with Gasteiger partial charge in [0.15, 0.2) is 0 Å². The lowest BCUT2D eigenvalue weighted by Gasteiger charge is -2.24. The molecule has 0 unspecified atom stereocenters. The largest absolute Gasteiger partial charge is 0.373 e. The molecule has 0 aromatic heterocycles. The molecule has 2 saturated carbocycles. The average molecular weight is 258 g/mol. The molecule has 0 radical (unpaired) electrons. The van der Waals surface area contributed by atoms with Gasteiger partial charge in [0.2, 0.25) is 0 Å². The van der Waals surface area contributed by atoms with Gasteiger partial charge in [0, 0.05) is 31.9 Å². The predicted molar refractivity (Wildman–Crippen MR) is 81.7 cm³/mol. The van der Waals surface area contributed by atoms with Crippen molar-refractivity contribution < 1.29 is 0 Å². The third-order valence-corrected chi connectivity index (χ3v) is 4.61. The Balaban J connectivity index is 1.47. The Morgan fingerprint density at radius 3 is 2.37 bits per heavy atom. The Morgan fingerprint density at radius 1 is 1.16 bits per heavy atom. The zero-order valence-electron chi connectivity index (χ0n) is 12.2. The molecular formula is C17H26N2. The fraction of sp³-hybridized carbons (Fsp3) is 0.647. The van der Waals surface area contributed by atoms with Crippen molar-refractivity contribution in [2.24, 2.45) is 11.8 Å². The summed E-state index contributed by atoms with van der Waals surface area (Å²) in [5.41, 5.74) is 2.73. The molecule has 2 fully saturated rings. The van der Waals surface area contributed by atoms with E-state index in [4.69, 9.17) is 0 Å². The van der Waals surface area contributed by atoms with E-state index in [0.29, 0.717) is 0 Å². The molecule has 0 bridgehead atoms. The molecule has 3 rings (SSSR count). The van der Waals surface area contributed by atoms with E-state index in [1.54, 1.807) is 0 Å². The second-order valence-corrected chi connectivity index (χ2v) is 6.36. The monoisotopic (exact) mass is 258 g/mol. The quantitative estimate of drug-likeness (QED) is 0.808. The zero-order chi connectivity index (χ0) is 13.2. The van der Waals surface area contributed by atoms with Gasteiger partial charge in [0.1, 0.15) is 0 Å². The fourth-order valence-corrected chi connectivity index (χ4v) is 3.14. The first-order valence-electron chi connectivity index (χ1n) is 7.76. The van der Waals surface area contributed by atoms with Crippen LogP contribution in [0.15, 0.2) is 24.3 Å². The second kappa shape index (κ2) is 5.54. The van der Waals surface area contributed by atoms with E-state index < -0.39 is 0 Å². The Morgan fingerprint density at radius 2 is 1.79 bits per heavy atom. The molecule has 0 saturated heterocycles. The van der Waals surface area contributed by atoms with E-state index >= 15 is 0 Å². The molecule has 104 valence electrons. The van der Waals surface area contributed by atoms with Crippen molar-refractivity contribution in [3.05, 3.63) is 29.8 Å². The number of anilines is 1. The molecule has 2 nitrogen and oxygen atoms in total. The summed E-state index contributed by atoms with van der Waals surface area (Å²) in [6.45, 7) is 4.40. The van der Waals surface area contributed by atoms with Crippen LogP contribution in [-0.2, 0) is 0 Å². The van der Waals surface area contributed by atoms with Gasteiger partial charge in [-0.15, -0.1) is 0 Å². The molecule has 19 heavy (non-hydrogen) atoms. The molecular weight excluding hydrogens is 232 g/mol. The van der Waals surface area contributed by atoms with Gasteiger partial charge in [-0.05, 0) is 56.1 Å². The Kier molecular flexibility index (Phi) is 3.79. The van der Waals surface area contributed by atoms with Crippen molar-refractivity contribution in [3.8, 4) is 0 Å². The molecule has 2 heteroatoms. The van der Waals surface area contributed by atoms with Crippen LogP contribution in [0.2, 0.25) is 0 Å². The van der Waals surface area contributed by atoms with Crippen molar-refractivity contribution in [1.29, 1.82) is 0 Å². The van der Waals surface area contributed by atoms with Gasteiger partial charge in [-0.2, -0.15) is 0 Å². The van der Waals surface area contributed by atoms with Crippen LogP contribution in [0.5, 0.6) is 0 Å². The van der Waals surface area contributed by atoms with Crippen LogP contribution in [0.4, 0.5) is 5.69 Å². The molecule has 2 aliphatic carbocycles. The number of hydrogen-bond donors (Lipinski definition) is 1. The number of para-hydroxylation sites is 1. The van der Waals surface area contributed by atoms with Crippen molar-refractivity contribution in [2.75, 3.05) is 25.0 Å². The number of hydrogen-bond acceptors (Lipinski definition) is 2. The molecule has 1 aromatic carbocycles. The summed E-state index contributed by atoms with van der Waals surface area (Å²) in [5.74, 6) is 1.99. The molecule has 0 aliphatic heterocycles. The van der Waals surface area contributed by atoms with Gasteiger partial charge in [-0.1, -0.05) is 18.2 Å². The van der Waals surface area contributed by atoms with Gasteiger partial charge >= 0.3 is 0 Å². The Bertz CT molecular complexity index is 409. The standard InChI is InChI=1S/C17H26N2/c1-13-5-3-4-6-16(13)19(2)12-11-18-17(14-7-8-14)15-9-10-15/h3-6,14-15,17-18H,7-12H2,1-2H3. The van der Waals surface area contributed by atoms with E-state index in [1.165, 1.54) is 36.9 Å². The molecule has 1 N–H and O–H groups in total. The van der Waals surface area contributed by atoms with Crippen molar-refractivity contribution >= 4 is 5.69 Å². The van der Waals surface area contributed by atoms with Crippen LogP contribution in [-0.4, -0.2) is 26.2 Å². The maximum absolute atomic E-state index is 3.82. The highest BCUT2D eigenvalue weighted by atomic mass is 15.1. The summed E-state index contributed by atoms with van der Waals surface area (Å²) in [6.07, 6.45) is 5.84. The smallest absolute Gasteiger partial charge is 0.0393 e. The zero-order valence-corrected chi connectivity index (χ0v) is 12.2. The van der Waals surface area contributed by atoms with Gasteiger partial charge < -0.3 is 10.2 Å². The number of benzene rings is 1. The van der Waals surface area contributed by atoms with E-state index in [9.17, 15) is 0 Å². The fourth-order valence-electron chi connectivity index (χ4n) is 3.14. The molecule has 0 heterocycles. The Hall–Kier alpha value is -1.02. The maximum atomic E-state index is 3.82. The summed E-state index contributed by atoms with van der Waals surface area (Å²) in [6, 6.07) is 9.47. The normalized spacial score (nSPS) is 18.9. The molecule has 1 aromatic rings. The van der Waals surface area contributed by atoms with E-state index in [-0.39, 0.29) is 0 Å². The summed E-state index contributed by atoms with van der Waals surface area (Å²) >= 11 is 0. The highest BCUT2D eigenvalue weighted by molar-refractivity contribution is 5.52. The number of nitrogens with zero attached hydrogens (tertiary/aromatic N) is 1. The minimum Gasteiger partial charge on any atom is -0.373 e. The lowest BCUT2D eigenvalue weighted by Crippen LogP contribution is -2.38. The number of aryl methyl sites for hydroxylation is 1. The van der Waals surface area contributed by atoms with Crippen LogP contribution < -0.4 is 10.2 Å². The van der Waals surface area contributed by atoms with Crippen molar-refractivity contribution in [2.45, 2.75) is 38.6 Å². The molecule has 0 spiro atoms. The van der Waals surface area contributed by atoms with Crippen LogP contribution >= 0.6 is 0 Å². The van der Waals surface area contributed by atoms with E-state index in [0.717, 1.165) is 31.0 Å². The third kappa shape index (κ3) is 3.30. The number of likely N-dealkylation sites (N-methyl/N-ethyl adjacent to an activating group) is 1. The third-order valence-electron chi connectivity index (χ3n) is 4.61. The van der Waals surface area contributed by atoms with E-state index in [1.807, 2.05) is 0 Å². The maximum Gasteiger partial charge on any atom is 0.0393 e. The van der Waals surface area contributed by atoms with Crippen LogP contribution in [0, 0.1) is 18.8 Å². The lowest BCUT2D eigenvalue weighted by molar-refractivity contribution is 0.421. The highest BCUT2D eigenvalue weighted by Crippen LogP contribution is 2.44. The van der Waals surface area contributed by atoms with Gasteiger partial charge in [-0.3, -0.25) is 0 Å².